The predicted molar refractivity (Wildman–Crippen MR) is 109 cm³/mol. The molecule has 7 nitrogen and oxygen atoms in total. The molecule has 2 aromatic rings. The number of urea groups is 1. The summed E-state index contributed by atoms with van der Waals surface area (Å²) >= 11 is 1.67. The SMILES string of the molecule is CCOc1ccc(S(=O)(=O)N2CCN(C(=O)NCCc3cccs3)CC2)cc1. The zero-order valence-electron chi connectivity index (χ0n) is 15.8. The Balaban J connectivity index is 1.50. The minimum atomic E-state index is -3.57. The number of ether oxygens (including phenoxy) is 1. The van der Waals surface area contributed by atoms with Crippen LogP contribution in [0.25, 0.3) is 0 Å². The molecular weight excluding hydrogens is 398 g/mol. The van der Waals surface area contributed by atoms with Gasteiger partial charge < -0.3 is 15.0 Å². The van der Waals surface area contributed by atoms with Gasteiger partial charge in [-0.1, -0.05) is 6.07 Å². The number of carbonyl (C=O) groups is 1. The van der Waals surface area contributed by atoms with Crippen LogP contribution in [0.5, 0.6) is 5.75 Å². The Morgan fingerprint density at radius 1 is 1.14 bits per heavy atom. The van der Waals surface area contributed by atoms with E-state index in [0.717, 1.165) is 6.42 Å². The Kier molecular flexibility index (Phi) is 6.93. The number of rotatable bonds is 7. The average Bonchev–Trinajstić information content (AvgIpc) is 3.22. The van der Waals surface area contributed by atoms with Gasteiger partial charge in [0.05, 0.1) is 11.5 Å². The fourth-order valence-corrected chi connectivity index (χ4v) is 5.15. The Hall–Kier alpha value is -2.10. The molecule has 0 saturated carbocycles. The summed E-state index contributed by atoms with van der Waals surface area (Å²) in [4.78, 5) is 15.4. The molecular formula is C19H25N3O4S2. The molecule has 3 rings (SSSR count). The van der Waals surface area contributed by atoms with Crippen LogP contribution in [0, 0.1) is 0 Å². The number of hydrogen-bond donors (Lipinski definition) is 1. The number of benzene rings is 1. The van der Waals surface area contributed by atoms with Crippen LogP contribution in [0.2, 0.25) is 0 Å². The van der Waals surface area contributed by atoms with Crippen molar-refractivity contribution in [2.24, 2.45) is 0 Å². The predicted octanol–water partition coefficient (Wildman–Crippen LogP) is 2.41. The van der Waals surface area contributed by atoms with Crippen LogP contribution in [-0.4, -0.2) is 63.0 Å². The van der Waals surface area contributed by atoms with E-state index in [1.165, 1.54) is 9.18 Å². The molecule has 1 aromatic heterocycles. The Bertz CT molecular complexity index is 859. The molecule has 0 bridgehead atoms. The first-order valence-corrected chi connectivity index (χ1v) is 11.6. The van der Waals surface area contributed by atoms with Gasteiger partial charge in [0.2, 0.25) is 10.0 Å². The molecule has 0 aliphatic carbocycles. The van der Waals surface area contributed by atoms with Gasteiger partial charge in [-0.05, 0) is 49.1 Å². The summed E-state index contributed by atoms with van der Waals surface area (Å²) in [5, 5.41) is 4.92. The van der Waals surface area contributed by atoms with Crippen LogP contribution < -0.4 is 10.1 Å². The fourth-order valence-electron chi connectivity index (χ4n) is 3.01. The molecule has 1 aliphatic rings. The van der Waals surface area contributed by atoms with Crippen LogP contribution in [0.15, 0.2) is 46.7 Å². The van der Waals surface area contributed by atoms with Crippen LogP contribution in [0.1, 0.15) is 11.8 Å². The molecule has 28 heavy (non-hydrogen) atoms. The second-order valence-corrected chi connectivity index (χ2v) is 9.33. The number of piperazine rings is 1. The third-order valence-electron chi connectivity index (χ3n) is 4.53. The zero-order valence-corrected chi connectivity index (χ0v) is 17.5. The third kappa shape index (κ3) is 5.03. The van der Waals surface area contributed by atoms with Crippen molar-refractivity contribution < 1.29 is 17.9 Å². The van der Waals surface area contributed by atoms with E-state index in [9.17, 15) is 13.2 Å². The maximum Gasteiger partial charge on any atom is 0.317 e. The minimum absolute atomic E-state index is 0.144. The third-order valence-corrected chi connectivity index (χ3v) is 7.38. The molecule has 2 amide bonds. The van der Waals surface area contributed by atoms with Crippen LogP contribution in [0.4, 0.5) is 4.79 Å². The Morgan fingerprint density at radius 2 is 1.86 bits per heavy atom. The van der Waals surface area contributed by atoms with Crippen LogP contribution >= 0.6 is 11.3 Å². The van der Waals surface area contributed by atoms with E-state index in [1.54, 1.807) is 40.5 Å². The first kappa shape index (κ1) is 20.6. The van der Waals surface area contributed by atoms with Crippen molar-refractivity contribution in [2.75, 3.05) is 39.3 Å². The minimum Gasteiger partial charge on any atom is -0.494 e. The lowest BCUT2D eigenvalue weighted by molar-refractivity contribution is 0.172. The molecule has 1 fully saturated rings. The summed E-state index contributed by atoms with van der Waals surface area (Å²) in [6.45, 7) is 4.31. The van der Waals surface area contributed by atoms with Gasteiger partial charge in [-0.3, -0.25) is 0 Å². The number of amides is 2. The molecule has 0 radical (unpaired) electrons. The maximum atomic E-state index is 12.8. The van der Waals surface area contributed by atoms with E-state index in [0.29, 0.717) is 32.0 Å². The molecule has 1 N–H and O–H groups in total. The first-order valence-electron chi connectivity index (χ1n) is 9.29. The molecule has 152 valence electrons. The van der Waals surface area contributed by atoms with Gasteiger partial charge in [0.25, 0.3) is 0 Å². The second kappa shape index (κ2) is 9.40. The summed E-state index contributed by atoms with van der Waals surface area (Å²) in [5.41, 5.74) is 0. The summed E-state index contributed by atoms with van der Waals surface area (Å²) in [5.74, 6) is 0.644. The summed E-state index contributed by atoms with van der Waals surface area (Å²) in [7, 11) is -3.57. The summed E-state index contributed by atoms with van der Waals surface area (Å²) in [6, 6.07) is 10.3. The number of nitrogens with one attached hydrogen (secondary N) is 1. The highest BCUT2D eigenvalue weighted by Gasteiger charge is 2.30. The monoisotopic (exact) mass is 423 g/mol. The molecule has 0 unspecified atom stereocenters. The van der Waals surface area contributed by atoms with E-state index < -0.39 is 10.0 Å². The zero-order chi connectivity index (χ0) is 20.0. The van der Waals surface area contributed by atoms with E-state index in [4.69, 9.17) is 4.74 Å². The van der Waals surface area contributed by atoms with E-state index in [-0.39, 0.29) is 24.0 Å². The first-order chi connectivity index (χ1) is 13.5. The molecule has 1 aromatic carbocycles. The second-order valence-electron chi connectivity index (χ2n) is 6.36. The van der Waals surface area contributed by atoms with Crippen molar-refractivity contribution in [3.63, 3.8) is 0 Å². The summed E-state index contributed by atoms with van der Waals surface area (Å²) in [6.07, 6.45) is 0.801. The number of thiophene rings is 1. The van der Waals surface area contributed by atoms with Gasteiger partial charge in [-0.2, -0.15) is 4.31 Å². The van der Waals surface area contributed by atoms with Crippen molar-refractivity contribution in [3.8, 4) is 5.75 Å². The number of hydrogen-bond acceptors (Lipinski definition) is 5. The van der Waals surface area contributed by atoms with Gasteiger partial charge in [-0.15, -0.1) is 11.3 Å². The normalized spacial score (nSPS) is 15.4. The highest BCUT2D eigenvalue weighted by Crippen LogP contribution is 2.21. The van der Waals surface area contributed by atoms with Crippen molar-refractivity contribution >= 4 is 27.4 Å². The van der Waals surface area contributed by atoms with Crippen LogP contribution in [-0.2, 0) is 16.4 Å². The lowest BCUT2D eigenvalue weighted by Gasteiger charge is -2.34. The lowest BCUT2D eigenvalue weighted by atomic mass is 10.3. The molecule has 2 heterocycles. The molecule has 0 spiro atoms. The van der Waals surface area contributed by atoms with Gasteiger partial charge in [0, 0.05) is 37.6 Å². The highest BCUT2D eigenvalue weighted by molar-refractivity contribution is 7.89. The molecule has 1 aliphatic heterocycles. The van der Waals surface area contributed by atoms with Crippen LogP contribution in [0.3, 0.4) is 0 Å². The van der Waals surface area contributed by atoms with Gasteiger partial charge in [0.15, 0.2) is 0 Å². The Morgan fingerprint density at radius 3 is 2.46 bits per heavy atom. The van der Waals surface area contributed by atoms with Crippen molar-refractivity contribution in [2.45, 2.75) is 18.2 Å². The fraction of sp³-hybridized carbons (Fsp3) is 0.421. The summed E-state index contributed by atoms with van der Waals surface area (Å²) < 4.78 is 32.4. The topological polar surface area (TPSA) is 79.0 Å². The molecule has 1 saturated heterocycles. The largest absolute Gasteiger partial charge is 0.494 e. The number of sulfonamides is 1. The van der Waals surface area contributed by atoms with Crippen molar-refractivity contribution in [1.82, 2.24) is 14.5 Å². The lowest BCUT2D eigenvalue weighted by Crippen LogP contribution is -2.53. The van der Waals surface area contributed by atoms with Crippen molar-refractivity contribution in [1.29, 1.82) is 0 Å². The number of nitrogens with zero attached hydrogens (tertiary/aromatic N) is 2. The quantitative estimate of drug-likeness (QED) is 0.742. The van der Waals surface area contributed by atoms with E-state index >= 15 is 0 Å². The smallest absolute Gasteiger partial charge is 0.317 e. The van der Waals surface area contributed by atoms with Crippen molar-refractivity contribution in [3.05, 3.63) is 46.7 Å². The maximum absolute atomic E-state index is 12.8. The van der Waals surface area contributed by atoms with E-state index in [1.807, 2.05) is 24.4 Å². The van der Waals surface area contributed by atoms with Gasteiger partial charge in [0.1, 0.15) is 5.75 Å². The van der Waals surface area contributed by atoms with Gasteiger partial charge in [-0.25, -0.2) is 13.2 Å². The van der Waals surface area contributed by atoms with E-state index in [2.05, 4.69) is 5.32 Å². The number of carbonyl (C=O) groups excluding carboxylic acids is 1. The van der Waals surface area contributed by atoms with Gasteiger partial charge >= 0.3 is 6.03 Å². The molecule has 0 atom stereocenters. The average molecular weight is 424 g/mol. The Labute approximate surface area is 170 Å². The standard InChI is InChI=1S/C19H25N3O4S2/c1-2-26-16-5-7-18(8-6-16)28(24,25)22-13-11-21(12-14-22)19(23)20-10-9-17-4-3-15-27-17/h3-8,15H,2,9-14H2,1H3,(H,20,23). The highest BCUT2D eigenvalue weighted by atomic mass is 32.2. The molecule has 9 heteroatoms.